The molecule has 0 saturated carbocycles. The zero-order valence-corrected chi connectivity index (χ0v) is 18.1. The lowest BCUT2D eigenvalue weighted by Crippen LogP contribution is -2.28. The molecule has 2 aromatic heterocycles. The van der Waals surface area contributed by atoms with E-state index >= 15 is 0 Å². The molecule has 0 amide bonds. The number of pyridine rings is 2. The van der Waals surface area contributed by atoms with Gasteiger partial charge >= 0.3 is 15.6 Å². The van der Waals surface area contributed by atoms with E-state index in [1.165, 1.54) is 30.1 Å². The molecule has 2 heterocycles. The fraction of sp³-hybridized carbons (Fsp3) is 0.300. The lowest BCUT2D eigenvalue weighted by Gasteiger charge is -2.17. The Labute approximate surface area is 180 Å². The van der Waals surface area contributed by atoms with E-state index in [1.54, 1.807) is 20.8 Å². The van der Waals surface area contributed by atoms with Gasteiger partial charge in [0.05, 0.1) is 18.2 Å². The van der Waals surface area contributed by atoms with Gasteiger partial charge in [-0.3, -0.25) is 9.36 Å². The van der Waals surface area contributed by atoms with E-state index in [4.69, 9.17) is 4.74 Å². The van der Waals surface area contributed by atoms with Crippen LogP contribution in [-0.2, 0) is 10.1 Å². The molecule has 3 rings (SSSR count). The average molecular weight is 474 g/mol. The first kappa shape index (κ1) is 23.5. The fourth-order valence-corrected chi connectivity index (χ4v) is 3.56. The van der Waals surface area contributed by atoms with E-state index in [0.717, 1.165) is 6.07 Å². The summed E-state index contributed by atoms with van der Waals surface area (Å²) in [5, 5.41) is -0.102. The van der Waals surface area contributed by atoms with Crippen molar-refractivity contribution in [2.75, 3.05) is 7.11 Å². The number of alkyl halides is 3. The number of nitrogens with zero attached hydrogens (tertiary/aromatic N) is 2. The number of aromatic nitrogens is 2. The number of fused-ring (bicyclic) bond motifs is 1. The van der Waals surface area contributed by atoms with Crippen LogP contribution in [0.1, 0.15) is 30.9 Å². The van der Waals surface area contributed by atoms with Gasteiger partial charge in [0.25, 0.3) is 5.56 Å². The van der Waals surface area contributed by atoms with Crippen molar-refractivity contribution in [1.29, 1.82) is 0 Å². The number of aryl methyl sites for hydroxylation is 1. The molecule has 32 heavy (non-hydrogen) atoms. The molecule has 0 aliphatic carbocycles. The third-order valence-electron chi connectivity index (χ3n) is 4.72. The standard InChI is InChI=1S/C20H18F4N2O5S/c1-10(2)14-9-26(16-7-18(30-4)25-8-11(16)3)19(27)13-5-15(21)17(6-12(13)14)31-32(28,29)20(22,23)24/h5-10H,1-4H3. The molecule has 1 aromatic carbocycles. The highest BCUT2D eigenvalue weighted by atomic mass is 32.2. The van der Waals surface area contributed by atoms with Crippen LogP contribution in [0.5, 0.6) is 11.6 Å². The quantitative estimate of drug-likeness (QED) is 0.313. The van der Waals surface area contributed by atoms with Crippen LogP contribution in [0.25, 0.3) is 16.5 Å². The fourth-order valence-electron chi connectivity index (χ4n) is 3.10. The Morgan fingerprint density at radius 3 is 2.34 bits per heavy atom. The molecule has 0 saturated heterocycles. The Balaban J connectivity index is 2.32. The van der Waals surface area contributed by atoms with Gasteiger partial charge in [-0.15, -0.1) is 0 Å². The van der Waals surface area contributed by atoms with Crippen molar-refractivity contribution in [2.45, 2.75) is 32.2 Å². The summed E-state index contributed by atoms with van der Waals surface area (Å²) in [7, 11) is -4.69. The minimum absolute atomic E-state index is 0.0636. The maximum atomic E-state index is 14.5. The SMILES string of the molecule is COc1cc(-n2cc(C(C)C)c3cc(OS(=O)(=O)C(F)(F)F)c(F)cc3c2=O)c(C)cn1. The minimum atomic E-state index is -6.09. The summed E-state index contributed by atoms with van der Waals surface area (Å²) in [6.07, 6.45) is 2.94. The maximum absolute atomic E-state index is 14.5. The van der Waals surface area contributed by atoms with Gasteiger partial charge in [-0.25, -0.2) is 9.37 Å². The molecular formula is C20H18F4N2O5S. The average Bonchev–Trinajstić information content (AvgIpc) is 2.69. The lowest BCUT2D eigenvalue weighted by molar-refractivity contribution is -0.0500. The van der Waals surface area contributed by atoms with Crippen LogP contribution in [0.2, 0.25) is 0 Å². The Morgan fingerprint density at radius 2 is 1.78 bits per heavy atom. The van der Waals surface area contributed by atoms with Crippen LogP contribution >= 0.6 is 0 Å². The summed E-state index contributed by atoms with van der Waals surface area (Å²) in [5.74, 6) is -2.63. The zero-order valence-electron chi connectivity index (χ0n) is 17.3. The molecule has 12 heteroatoms. The van der Waals surface area contributed by atoms with Crippen molar-refractivity contribution < 1.29 is 34.9 Å². The van der Waals surface area contributed by atoms with Gasteiger partial charge in [0, 0.05) is 18.5 Å². The van der Waals surface area contributed by atoms with Crippen molar-refractivity contribution >= 4 is 20.9 Å². The van der Waals surface area contributed by atoms with Crippen LogP contribution in [0.4, 0.5) is 17.6 Å². The monoisotopic (exact) mass is 474 g/mol. The zero-order chi connectivity index (χ0) is 24.0. The molecule has 172 valence electrons. The Hall–Kier alpha value is -3.15. The van der Waals surface area contributed by atoms with E-state index in [-0.39, 0.29) is 22.6 Å². The highest BCUT2D eigenvalue weighted by molar-refractivity contribution is 7.88. The number of hydrogen-bond acceptors (Lipinski definition) is 6. The van der Waals surface area contributed by atoms with Crippen molar-refractivity contribution in [3.63, 3.8) is 0 Å². The van der Waals surface area contributed by atoms with Gasteiger partial charge < -0.3 is 8.92 Å². The predicted octanol–water partition coefficient (Wildman–Crippen LogP) is 4.19. The van der Waals surface area contributed by atoms with Crippen LogP contribution in [0, 0.1) is 12.7 Å². The first-order valence-corrected chi connectivity index (χ1v) is 10.6. The predicted molar refractivity (Wildman–Crippen MR) is 108 cm³/mol. The second-order valence-electron chi connectivity index (χ2n) is 7.24. The van der Waals surface area contributed by atoms with Crippen LogP contribution in [0.15, 0.2) is 35.4 Å². The Bertz CT molecular complexity index is 1370. The van der Waals surface area contributed by atoms with E-state index < -0.39 is 32.8 Å². The largest absolute Gasteiger partial charge is 0.534 e. The van der Waals surface area contributed by atoms with E-state index in [0.29, 0.717) is 22.9 Å². The molecule has 0 aliphatic heterocycles. The molecule has 0 aliphatic rings. The van der Waals surface area contributed by atoms with Crippen LogP contribution < -0.4 is 14.5 Å². The van der Waals surface area contributed by atoms with Gasteiger partial charge in [0.1, 0.15) is 0 Å². The third-order valence-corrected chi connectivity index (χ3v) is 5.69. The summed E-state index contributed by atoms with van der Waals surface area (Å²) in [5.41, 5.74) is -4.95. The summed E-state index contributed by atoms with van der Waals surface area (Å²) < 4.78 is 85.6. The van der Waals surface area contributed by atoms with Gasteiger partial charge in [-0.1, -0.05) is 13.8 Å². The Kier molecular flexibility index (Phi) is 5.94. The molecule has 0 atom stereocenters. The van der Waals surface area contributed by atoms with Gasteiger partial charge in [-0.2, -0.15) is 21.6 Å². The summed E-state index contributed by atoms with van der Waals surface area (Å²) in [6, 6.07) is 2.96. The second-order valence-corrected chi connectivity index (χ2v) is 8.78. The smallest absolute Gasteiger partial charge is 0.481 e. The first-order valence-electron chi connectivity index (χ1n) is 9.17. The summed E-state index contributed by atoms with van der Waals surface area (Å²) in [4.78, 5) is 17.2. The van der Waals surface area contributed by atoms with Crippen molar-refractivity contribution in [1.82, 2.24) is 9.55 Å². The number of benzene rings is 1. The minimum Gasteiger partial charge on any atom is -0.481 e. The maximum Gasteiger partial charge on any atom is 0.534 e. The molecule has 0 spiro atoms. The van der Waals surface area contributed by atoms with E-state index in [2.05, 4.69) is 9.17 Å². The molecule has 0 radical (unpaired) electrons. The molecule has 3 aromatic rings. The highest BCUT2D eigenvalue weighted by Crippen LogP contribution is 2.33. The summed E-state index contributed by atoms with van der Waals surface area (Å²) >= 11 is 0. The number of methoxy groups -OCH3 is 1. The topological polar surface area (TPSA) is 87.5 Å². The van der Waals surface area contributed by atoms with Gasteiger partial charge in [0.15, 0.2) is 11.6 Å². The van der Waals surface area contributed by atoms with E-state index in [1.807, 2.05) is 0 Å². The molecule has 0 bridgehead atoms. The molecule has 0 unspecified atom stereocenters. The molecule has 7 nitrogen and oxygen atoms in total. The van der Waals surface area contributed by atoms with E-state index in [9.17, 15) is 30.8 Å². The molecule has 0 fully saturated rings. The molecule has 0 N–H and O–H groups in total. The van der Waals surface area contributed by atoms with Gasteiger partial charge in [-0.05, 0) is 41.5 Å². The van der Waals surface area contributed by atoms with Crippen LogP contribution in [0.3, 0.4) is 0 Å². The first-order chi connectivity index (χ1) is 14.8. The Morgan fingerprint density at radius 1 is 1.12 bits per heavy atom. The second kappa shape index (κ2) is 8.08. The number of ether oxygens (including phenoxy) is 1. The number of rotatable bonds is 5. The van der Waals surface area contributed by atoms with Crippen molar-refractivity contribution in [3.05, 3.63) is 57.9 Å². The summed E-state index contributed by atoms with van der Waals surface area (Å²) in [6.45, 7) is 5.20. The highest BCUT2D eigenvalue weighted by Gasteiger charge is 2.49. The third kappa shape index (κ3) is 4.14. The van der Waals surface area contributed by atoms with Crippen molar-refractivity contribution in [2.24, 2.45) is 0 Å². The lowest BCUT2D eigenvalue weighted by atomic mass is 9.98. The van der Waals surface area contributed by atoms with Crippen LogP contribution in [-0.4, -0.2) is 30.6 Å². The van der Waals surface area contributed by atoms with Gasteiger partial charge in [0.2, 0.25) is 5.88 Å². The normalized spacial score (nSPS) is 12.4. The van der Waals surface area contributed by atoms with Crippen molar-refractivity contribution in [3.8, 4) is 17.3 Å². The number of halogens is 4. The number of hydrogen-bond donors (Lipinski definition) is 0. The molecular weight excluding hydrogens is 456 g/mol.